The number of unbranched alkanes of at least 4 members (excludes halogenated alkanes) is 1. The van der Waals surface area contributed by atoms with Gasteiger partial charge in [0.2, 0.25) is 0 Å². The average Bonchev–Trinajstić information content (AvgIpc) is 3.50. The molecule has 1 aliphatic rings. The number of carboxylic acids is 1. The first-order chi connectivity index (χ1) is 26.1. The van der Waals surface area contributed by atoms with E-state index in [4.69, 9.17) is 9.47 Å². The van der Waals surface area contributed by atoms with Gasteiger partial charge in [-0.3, -0.25) is 9.59 Å². The summed E-state index contributed by atoms with van der Waals surface area (Å²) < 4.78 is 13.7. The van der Waals surface area contributed by atoms with E-state index in [0.717, 1.165) is 97.1 Å². The van der Waals surface area contributed by atoms with Crippen LogP contribution in [0.4, 0.5) is 11.4 Å². The van der Waals surface area contributed by atoms with Gasteiger partial charge in [-0.05, 0) is 124 Å². The highest BCUT2D eigenvalue weighted by Gasteiger charge is 2.31. The average molecular weight is 736 g/mol. The van der Waals surface area contributed by atoms with E-state index in [1.807, 2.05) is 55.5 Å². The third-order valence-electron chi connectivity index (χ3n) is 9.89. The number of fused-ring (bicyclic) bond motifs is 1. The molecule has 0 radical (unpaired) electrons. The Morgan fingerprint density at radius 2 is 1.65 bits per heavy atom. The first kappa shape index (κ1) is 40.2. The van der Waals surface area contributed by atoms with Gasteiger partial charge in [-0.25, -0.2) is 0 Å². The van der Waals surface area contributed by atoms with Crippen LogP contribution in [0, 0.1) is 12.3 Å². The van der Waals surface area contributed by atoms with Crippen LogP contribution in [0.3, 0.4) is 0 Å². The minimum absolute atomic E-state index is 0.135. The van der Waals surface area contributed by atoms with Crippen molar-refractivity contribution in [2.45, 2.75) is 92.5 Å². The summed E-state index contributed by atoms with van der Waals surface area (Å²) in [4.78, 5) is 28.1. The summed E-state index contributed by atoms with van der Waals surface area (Å²) >= 11 is 0. The Bertz CT molecular complexity index is 1860. The Hall–Kier alpha value is -4.96. The largest absolute Gasteiger partial charge is 0.491 e. The van der Waals surface area contributed by atoms with Crippen LogP contribution in [0.15, 0.2) is 72.3 Å². The molecule has 3 aromatic carbocycles. The van der Waals surface area contributed by atoms with E-state index in [2.05, 4.69) is 63.1 Å². The summed E-state index contributed by atoms with van der Waals surface area (Å²) in [6, 6.07) is 22.3. The van der Waals surface area contributed by atoms with Gasteiger partial charge >= 0.3 is 5.97 Å². The van der Waals surface area contributed by atoms with Gasteiger partial charge in [0.05, 0.1) is 12.0 Å². The molecule has 0 aliphatic carbocycles. The number of carbonyl (C=O) groups excluding carboxylic acids is 1. The molecule has 0 fully saturated rings. The summed E-state index contributed by atoms with van der Waals surface area (Å²) in [5, 5.41) is 21.7. The molecule has 0 unspecified atom stereocenters. The van der Waals surface area contributed by atoms with Gasteiger partial charge in [-0.1, -0.05) is 50.6 Å². The van der Waals surface area contributed by atoms with Gasteiger partial charge in [-0.2, -0.15) is 0 Å². The highest BCUT2D eigenvalue weighted by Crippen LogP contribution is 2.34. The zero-order valence-corrected chi connectivity index (χ0v) is 32.7. The Balaban J connectivity index is 1.30. The fourth-order valence-corrected chi connectivity index (χ4v) is 6.72. The molecule has 0 bridgehead atoms. The van der Waals surface area contributed by atoms with E-state index in [0.29, 0.717) is 44.7 Å². The van der Waals surface area contributed by atoms with Crippen LogP contribution in [-0.2, 0) is 33.7 Å². The van der Waals surface area contributed by atoms with Crippen LogP contribution in [0.1, 0.15) is 89.0 Å². The Kier molecular flexibility index (Phi) is 14.4. The number of aryl methyl sites for hydroxylation is 3. The Morgan fingerprint density at radius 3 is 2.37 bits per heavy atom. The molecule has 10 nitrogen and oxygen atoms in total. The third kappa shape index (κ3) is 11.0. The van der Waals surface area contributed by atoms with Crippen LogP contribution < -0.4 is 15.0 Å². The molecule has 1 aromatic heterocycles. The maximum Gasteiger partial charge on any atom is 0.310 e. The summed E-state index contributed by atoms with van der Waals surface area (Å²) in [5.74, 6) is 1.80. The number of nitrogens with one attached hydrogen (secondary N) is 1. The van der Waals surface area contributed by atoms with E-state index >= 15 is 0 Å². The van der Waals surface area contributed by atoms with Crippen molar-refractivity contribution in [3.05, 3.63) is 95.1 Å². The number of benzene rings is 3. The first-order valence-electron chi connectivity index (χ1n) is 19.5. The number of rotatable bonds is 19. The van der Waals surface area contributed by atoms with Crippen LogP contribution in [0.5, 0.6) is 5.75 Å². The van der Waals surface area contributed by atoms with Gasteiger partial charge < -0.3 is 29.4 Å². The molecule has 0 saturated heterocycles. The monoisotopic (exact) mass is 735 g/mol. The maximum atomic E-state index is 13.8. The number of hydrogen-bond acceptors (Lipinski definition) is 7. The van der Waals surface area contributed by atoms with Gasteiger partial charge in [0.25, 0.3) is 5.91 Å². The Morgan fingerprint density at radius 1 is 0.889 bits per heavy atom. The quantitative estimate of drug-likeness (QED) is 0.0918. The summed E-state index contributed by atoms with van der Waals surface area (Å²) in [5.41, 5.74) is 5.49. The zero-order chi connectivity index (χ0) is 38.5. The molecule has 288 valence electrons. The molecule has 1 aliphatic heterocycles. The number of nitrogens with zero attached hydrogens (tertiary/aromatic N) is 4. The lowest BCUT2D eigenvalue weighted by molar-refractivity contribution is -0.146. The molecule has 2 heterocycles. The fourth-order valence-electron chi connectivity index (χ4n) is 6.72. The second kappa shape index (κ2) is 19.4. The SMILES string of the molecule is CCCCOCCOc1ccc(-c2ccc3c(c2)/C=C(/C(=O)Nc2ccc(CCCc4nnc(C)n4CCC)cc2)CCCN3CC(C)(C)C(=O)O)cc1. The molecule has 5 rings (SSSR count). The molecule has 1 amide bonds. The second-order valence-corrected chi connectivity index (χ2v) is 14.8. The van der Waals surface area contributed by atoms with Gasteiger partial charge in [0.15, 0.2) is 0 Å². The molecule has 2 N–H and O–H groups in total. The lowest BCUT2D eigenvalue weighted by atomic mass is 9.91. The smallest absolute Gasteiger partial charge is 0.310 e. The van der Waals surface area contributed by atoms with Crippen molar-refractivity contribution in [2.75, 3.05) is 43.1 Å². The second-order valence-electron chi connectivity index (χ2n) is 14.8. The zero-order valence-electron chi connectivity index (χ0n) is 32.7. The molecule has 0 spiro atoms. The first-order valence-corrected chi connectivity index (χ1v) is 19.5. The van der Waals surface area contributed by atoms with Gasteiger partial charge in [0.1, 0.15) is 24.0 Å². The molecule has 4 aromatic rings. The Labute approximate surface area is 320 Å². The van der Waals surface area contributed by atoms with E-state index in [9.17, 15) is 14.7 Å². The standard InChI is InChI=1S/C44H57N5O5/c1-6-8-26-53-27-28-54-39-21-16-34(17-22-39)35-18-23-40-37(29-35)30-36(12-10-25-48(40)31-44(4,5)43(51)52)42(50)45-38-19-14-33(15-20-38)11-9-13-41-47-46-32(3)49(41)24-7-2/h14-23,29-30H,6-13,24-28,31H2,1-5H3,(H,45,50)(H,51,52)/b36-30+. The van der Waals surface area contributed by atoms with Crippen LogP contribution in [0.2, 0.25) is 0 Å². The number of hydrogen-bond donors (Lipinski definition) is 2. The predicted octanol–water partition coefficient (Wildman–Crippen LogP) is 8.77. The highest BCUT2D eigenvalue weighted by molar-refractivity contribution is 6.07. The molecular formula is C44H57N5O5. The van der Waals surface area contributed by atoms with Crippen LogP contribution >= 0.6 is 0 Å². The van der Waals surface area contributed by atoms with E-state index in [-0.39, 0.29) is 5.91 Å². The minimum atomic E-state index is -0.949. The fraction of sp³-hybridized carbons (Fsp3) is 0.455. The lowest BCUT2D eigenvalue weighted by Gasteiger charge is -2.34. The van der Waals surface area contributed by atoms with Crippen molar-refractivity contribution < 1.29 is 24.2 Å². The third-order valence-corrected chi connectivity index (χ3v) is 9.89. The van der Waals surface area contributed by atoms with Gasteiger partial charge in [-0.15, -0.1) is 10.2 Å². The van der Waals surface area contributed by atoms with E-state index < -0.39 is 11.4 Å². The van der Waals surface area contributed by atoms with Crippen molar-refractivity contribution in [1.82, 2.24) is 14.8 Å². The number of anilines is 2. The summed E-state index contributed by atoms with van der Waals surface area (Å²) in [7, 11) is 0. The van der Waals surface area contributed by atoms with Crippen molar-refractivity contribution in [2.24, 2.45) is 5.41 Å². The maximum absolute atomic E-state index is 13.8. The topological polar surface area (TPSA) is 119 Å². The molecule has 0 atom stereocenters. The number of amides is 1. The summed E-state index contributed by atoms with van der Waals surface area (Å²) in [6.07, 6.45) is 9.20. The van der Waals surface area contributed by atoms with Crippen molar-refractivity contribution in [3.8, 4) is 16.9 Å². The number of aliphatic carboxylic acids is 1. The van der Waals surface area contributed by atoms with Crippen molar-refractivity contribution in [3.63, 3.8) is 0 Å². The normalized spacial score (nSPS) is 14.1. The van der Waals surface area contributed by atoms with Crippen molar-refractivity contribution in [1.29, 1.82) is 0 Å². The van der Waals surface area contributed by atoms with E-state index in [1.165, 1.54) is 5.56 Å². The van der Waals surface area contributed by atoms with Crippen LogP contribution in [0.25, 0.3) is 17.2 Å². The lowest BCUT2D eigenvalue weighted by Crippen LogP contribution is -2.40. The number of aromatic nitrogens is 3. The predicted molar refractivity (Wildman–Crippen MR) is 216 cm³/mol. The highest BCUT2D eigenvalue weighted by atomic mass is 16.5. The van der Waals surface area contributed by atoms with Crippen LogP contribution in [-0.4, -0.2) is 64.7 Å². The minimum Gasteiger partial charge on any atom is -0.491 e. The molecule has 10 heteroatoms. The molecular weight excluding hydrogens is 679 g/mol. The number of carboxylic acid groups (broad SMARTS) is 1. The van der Waals surface area contributed by atoms with Gasteiger partial charge in [0, 0.05) is 49.6 Å². The molecule has 54 heavy (non-hydrogen) atoms. The number of carbonyl (C=O) groups is 2. The molecule has 0 saturated carbocycles. The number of ether oxygens (including phenoxy) is 2. The summed E-state index contributed by atoms with van der Waals surface area (Å²) in [6.45, 7) is 13.5. The van der Waals surface area contributed by atoms with E-state index in [1.54, 1.807) is 13.8 Å². The van der Waals surface area contributed by atoms with Crippen molar-refractivity contribution >= 4 is 29.3 Å².